The Kier molecular flexibility index (Phi) is 6.65. The Bertz CT molecular complexity index is 973. The molecule has 0 unspecified atom stereocenters. The number of rotatable bonds is 6. The number of amides is 2. The van der Waals surface area contributed by atoms with Crippen LogP contribution in [0.5, 0.6) is 5.75 Å². The minimum Gasteiger partial charge on any atom is -0.484 e. The second-order valence-electron chi connectivity index (χ2n) is 6.14. The Hall–Kier alpha value is -2.87. The molecular weight excluding hydrogens is 467 g/mol. The van der Waals surface area contributed by atoms with E-state index in [-0.39, 0.29) is 18.4 Å². The Balaban J connectivity index is 1.61. The van der Waals surface area contributed by atoms with E-state index in [1.165, 1.54) is 0 Å². The van der Waals surface area contributed by atoms with Gasteiger partial charge in [-0.3, -0.25) is 9.59 Å². The quantitative estimate of drug-likeness (QED) is 0.489. The zero-order valence-corrected chi connectivity index (χ0v) is 17.4. The molecule has 0 heterocycles. The summed E-state index contributed by atoms with van der Waals surface area (Å²) >= 11 is 2.21. The van der Waals surface area contributed by atoms with Gasteiger partial charge in [-0.05, 0) is 83.6 Å². The van der Waals surface area contributed by atoms with Crippen molar-refractivity contribution in [3.63, 3.8) is 0 Å². The van der Waals surface area contributed by atoms with Gasteiger partial charge in [-0.25, -0.2) is 0 Å². The number of hydrogen-bond acceptors (Lipinski definition) is 3. The van der Waals surface area contributed by atoms with Crippen LogP contribution in [0.15, 0.2) is 72.8 Å². The first-order valence-electron chi connectivity index (χ1n) is 8.66. The van der Waals surface area contributed by atoms with E-state index in [1.807, 2.05) is 55.5 Å². The third-order valence-electron chi connectivity index (χ3n) is 3.99. The topological polar surface area (TPSA) is 67.4 Å². The first-order chi connectivity index (χ1) is 13.5. The number of carbonyl (C=O) groups is 2. The first kappa shape index (κ1) is 19.9. The van der Waals surface area contributed by atoms with E-state index >= 15 is 0 Å². The van der Waals surface area contributed by atoms with Crippen LogP contribution >= 0.6 is 22.6 Å². The van der Waals surface area contributed by atoms with E-state index in [0.717, 1.165) is 9.13 Å². The van der Waals surface area contributed by atoms with E-state index < -0.39 is 0 Å². The highest BCUT2D eigenvalue weighted by Gasteiger charge is 2.09. The maximum atomic E-state index is 12.3. The van der Waals surface area contributed by atoms with Crippen LogP contribution in [0.2, 0.25) is 0 Å². The summed E-state index contributed by atoms with van der Waals surface area (Å²) in [6.45, 7) is 1.79. The van der Waals surface area contributed by atoms with Gasteiger partial charge in [0.05, 0.1) is 0 Å². The first-order valence-corrected chi connectivity index (χ1v) is 9.74. The van der Waals surface area contributed by atoms with Crippen molar-refractivity contribution in [3.8, 4) is 5.75 Å². The summed E-state index contributed by atoms with van der Waals surface area (Å²) in [5, 5.41) is 5.67. The zero-order valence-electron chi connectivity index (χ0n) is 15.2. The largest absolute Gasteiger partial charge is 0.484 e. The van der Waals surface area contributed by atoms with Gasteiger partial charge in [0, 0.05) is 20.5 Å². The van der Waals surface area contributed by atoms with Crippen LogP contribution in [0.3, 0.4) is 0 Å². The molecule has 5 nitrogen and oxygen atoms in total. The number of hydrogen-bond donors (Lipinski definition) is 2. The smallest absolute Gasteiger partial charge is 0.262 e. The second kappa shape index (κ2) is 9.36. The molecule has 0 aliphatic heterocycles. The van der Waals surface area contributed by atoms with Gasteiger partial charge in [-0.2, -0.15) is 0 Å². The molecule has 28 heavy (non-hydrogen) atoms. The molecule has 2 N–H and O–H groups in total. The minimum atomic E-state index is -0.270. The van der Waals surface area contributed by atoms with E-state index in [9.17, 15) is 9.59 Å². The highest BCUT2D eigenvalue weighted by molar-refractivity contribution is 14.1. The lowest BCUT2D eigenvalue weighted by atomic mass is 10.1. The summed E-state index contributed by atoms with van der Waals surface area (Å²) < 4.78 is 6.60. The van der Waals surface area contributed by atoms with Crippen molar-refractivity contribution < 1.29 is 14.3 Å². The molecule has 3 rings (SSSR count). The summed E-state index contributed by atoms with van der Waals surface area (Å²) in [4.78, 5) is 24.5. The van der Waals surface area contributed by atoms with Crippen LogP contribution in [-0.4, -0.2) is 18.4 Å². The molecule has 6 heteroatoms. The van der Waals surface area contributed by atoms with E-state index in [4.69, 9.17) is 4.74 Å². The summed E-state index contributed by atoms with van der Waals surface area (Å²) in [5.41, 5.74) is 2.69. The van der Waals surface area contributed by atoms with Crippen molar-refractivity contribution in [1.82, 2.24) is 0 Å². The van der Waals surface area contributed by atoms with E-state index in [2.05, 4.69) is 33.2 Å². The number of nitrogens with one attached hydrogen (secondary N) is 2. The Morgan fingerprint density at radius 2 is 1.64 bits per heavy atom. The molecule has 0 aromatic heterocycles. The maximum Gasteiger partial charge on any atom is 0.262 e. The van der Waals surface area contributed by atoms with Crippen molar-refractivity contribution in [2.75, 3.05) is 17.2 Å². The molecule has 3 aromatic rings. The monoisotopic (exact) mass is 486 g/mol. The van der Waals surface area contributed by atoms with Gasteiger partial charge in [0.25, 0.3) is 11.8 Å². The fourth-order valence-electron chi connectivity index (χ4n) is 2.49. The maximum absolute atomic E-state index is 12.3. The van der Waals surface area contributed by atoms with Crippen LogP contribution in [-0.2, 0) is 4.79 Å². The van der Waals surface area contributed by atoms with Crippen LogP contribution in [0.4, 0.5) is 11.4 Å². The fourth-order valence-corrected chi connectivity index (χ4v) is 2.85. The van der Waals surface area contributed by atoms with Crippen LogP contribution in [0, 0.1) is 10.5 Å². The average Bonchev–Trinajstić information content (AvgIpc) is 2.71. The third kappa shape index (κ3) is 5.56. The summed E-state index contributed by atoms with van der Waals surface area (Å²) in [7, 11) is 0. The highest BCUT2D eigenvalue weighted by Crippen LogP contribution is 2.21. The van der Waals surface area contributed by atoms with Crippen LogP contribution in [0.1, 0.15) is 15.9 Å². The summed E-state index contributed by atoms with van der Waals surface area (Å²) in [6.07, 6.45) is 0. The second-order valence-corrected chi connectivity index (χ2v) is 7.39. The number of anilines is 2. The average molecular weight is 486 g/mol. The van der Waals surface area contributed by atoms with Crippen molar-refractivity contribution >= 4 is 45.8 Å². The number of halogens is 1. The molecule has 0 bridgehead atoms. The van der Waals surface area contributed by atoms with E-state index in [1.54, 1.807) is 24.3 Å². The Morgan fingerprint density at radius 3 is 2.36 bits per heavy atom. The Labute approximate surface area is 177 Å². The van der Waals surface area contributed by atoms with Crippen molar-refractivity contribution in [1.29, 1.82) is 0 Å². The van der Waals surface area contributed by atoms with Gasteiger partial charge in [0.15, 0.2) is 6.61 Å². The molecule has 0 spiro atoms. The molecule has 0 saturated heterocycles. The van der Waals surface area contributed by atoms with Gasteiger partial charge in [-0.1, -0.05) is 24.3 Å². The van der Waals surface area contributed by atoms with Crippen LogP contribution < -0.4 is 15.4 Å². The molecule has 0 aliphatic rings. The Morgan fingerprint density at radius 1 is 0.929 bits per heavy atom. The number of ether oxygens (including phenoxy) is 1. The summed E-state index contributed by atoms with van der Waals surface area (Å²) in [6, 6.07) is 21.8. The van der Waals surface area contributed by atoms with Crippen LogP contribution in [0.25, 0.3) is 0 Å². The molecule has 0 radical (unpaired) electrons. The molecule has 0 atom stereocenters. The standard InChI is InChI=1S/C22H19IN2O3/c1-15-7-10-18(24-22(27)16-5-3-2-4-6-16)13-20(15)25-21(26)14-28-19-11-8-17(23)9-12-19/h2-13H,14H2,1H3,(H,24,27)(H,25,26). The molecule has 142 valence electrons. The lowest BCUT2D eigenvalue weighted by molar-refractivity contribution is -0.118. The SMILES string of the molecule is Cc1ccc(NC(=O)c2ccccc2)cc1NC(=O)COc1ccc(I)cc1. The van der Waals surface area contributed by atoms with Gasteiger partial charge in [0.1, 0.15) is 5.75 Å². The molecule has 0 aliphatic carbocycles. The van der Waals surface area contributed by atoms with Gasteiger partial charge < -0.3 is 15.4 Å². The molecular formula is C22H19IN2O3. The fraction of sp³-hybridized carbons (Fsp3) is 0.0909. The zero-order chi connectivity index (χ0) is 19.9. The highest BCUT2D eigenvalue weighted by atomic mass is 127. The molecule has 2 amide bonds. The lowest BCUT2D eigenvalue weighted by Gasteiger charge is -2.12. The van der Waals surface area contributed by atoms with Gasteiger partial charge >= 0.3 is 0 Å². The molecule has 3 aromatic carbocycles. The predicted molar refractivity (Wildman–Crippen MR) is 119 cm³/mol. The van der Waals surface area contributed by atoms with Gasteiger partial charge in [-0.15, -0.1) is 0 Å². The molecule has 0 saturated carbocycles. The van der Waals surface area contributed by atoms with E-state index in [0.29, 0.717) is 22.7 Å². The van der Waals surface area contributed by atoms with Crippen molar-refractivity contribution in [3.05, 3.63) is 87.5 Å². The number of carbonyl (C=O) groups excluding carboxylic acids is 2. The normalized spacial score (nSPS) is 10.2. The van der Waals surface area contributed by atoms with Gasteiger partial charge in [0.2, 0.25) is 0 Å². The third-order valence-corrected chi connectivity index (χ3v) is 4.71. The van der Waals surface area contributed by atoms with Crippen molar-refractivity contribution in [2.45, 2.75) is 6.92 Å². The molecule has 0 fully saturated rings. The number of aryl methyl sites for hydroxylation is 1. The minimum absolute atomic E-state index is 0.0966. The number of benzene rings is 3. The predicted octanol–water partition coefficient (Wildman–Crippen LogP) is 4.87. The summed E-state index contributed by atoms with van der Waals surface area (Å²) in [5.74, 6) is 0.160. The van der Waals surface area contributed by atoms with Crippen molar-refractivity contribution in [2.24, 2.45) is 0 Å². The lowest BCUT2D eigenvalue weighted by Crippen LogP contribution is -2.21.